The minimum absolute atomic E-state index is 0.331. The van der Waals surface area contributed by atoms with Crippen LogP contribution < -0.4 is 5.32 Å². The van der Waals surface area contributed by atoms with E-state index in [1.54, 1.807) is 0 Å². The lowest BCUT2D eigenvalue weighted by molar-refractivity contribution is 0.247. The van der Waals surface area contributed by atoms with E-state index in [2.05, 4.69) is 39.9 Å². The van der Waals surface area contributed by atoms with Crippen LogP contribution in [0.4, 0.5) is 0 Å². The Kier molecular flexibility index (Phi) is 6.14. The number of rotatable bonds is 5. The quantitative estimate of drug-likeness (QED) is 0.822. The lowest BCUT2D eigenvalue weighted by Crippen LogP contribution is -2.51. The van der Waals surface area contributed by atoms with Crippen LogP contribution in [0.5, 0.6) is 0 Å². The average Bonchev–Trinajstić information content (AvgIpc) is 2.27. The molecular formula is C14H29NOS. The van der Waals surface area contributed by atoms with Gasteiger partial charge in [0.15, 0.2) is 0 Å². The smallest absolute Gasteiger partial charge is 0.0529 e. The van der Waals surface area contributed by atoms with Crippen molar-refractivity contribution < 1.29 is 4.21 Å². The molecular weight excluding hydrogens is 230 g/mol. The van der Waals surface area contributed by atoms with Gasteiger partial charge in [0.05, 0.1) is 5.25 Å². The Balaban J connectivity index is 2.79. The van der Waals surface area contributed by atoms with E-state index < -0.39 is 10.8 Å². The van der Waals surface area contributed by atoms with Crippen LogP contribution in [0, 0.1) is 11.8 Å². The Labute approximate surface area is 109 Å². The molecule has 102 valence electrons. The van der Waals surface area contributed by atoms with E-state index in [1.807, 2.05) is 0 Å². The maximum atomic E-state index is 12.6. The molecule has 17 heavy (non-hydrogen) atoms. The van der Waals surface area contributed by atoms with Crippen LogP contribution in [0.15, 0.2) is 0 Å². The molecule has 2 nitrogen and oxygen atoms in total. The first-order valence-corrected chi connectivity index (χ1v) is 8.41. The van der Waals surface area contributed by atoms with E-state index in [4.69, 9.17) is 0 Å². The molecule has 0 bridgehead atoms. The van der Waals surface area contributed by atoms with Gasteiger partial charge in [-0.2, -0.15) is 0 Å². The average molecular weight is 259 g/mol. The zero-order valence-corrected chi connectivity index (χ0v) is 12.8. The van der Waals surface area contributed by atoms with Gasteiger partial charge in [-0.25, -0.2) is 0 Å². The van der Waals surface area contributed by atoms with Crippen molar-refractivity contribution in [1.29, 1.82) is 0 Å². The SMILES string of the molecule is CCNC1CC(C)CC(C)C1S(=O)C(C)CC. The molecule has 1 saturated carbocycles. The molecule has 0 aliphatic heterocycles. The fourth-order valence-electron chi connectivity index (χ4n) is 3.11. The summed E-state index contributed by atoms with van der Waals surface area (Å²) in [5, 5.41) is 4.24. The van der Waals surface area contributed by atoms with Crippen molar-refractivity contribution in [2.75, 3.05) is 6.54 Å². The molecule has 0 radical (unpaired) electrons. The maximum absolute atomic E-state index is 12.6. The minimum atomic E-state index is -0.690. The van der Waals surface area contributed by atoms with Gasteiger partial charge in [0, 0.05) is 22.1 Å². The maximum Gasteiger partial charge on any atom is 0.0529 e. The lowest BCUT2D eigenvalue weighted by Gasteiger charge is -2.40. The predicted molar refractivity (Wildman–Crippen MR) is 76.7 cm³/mol. The van der Waals surface area contributed by atoms with Crippen LogP contribution in [0.25, 0.3) is 0 Å². The molecule has 1 aliphatic carbocycles. The van der Waals surface area contributed by atoms with Crippen molar-refractivity contribution in [3.05, 3.63) is 0 Å². The Hall–Kier alpha value is 0.110. The van der Waals surface area contributed by atoms with E-state index in [-0.39, 0.29) is 0 Å². The van der Waals surface area contributed by atoms with Gasteiger partial charge < -0.3 is 5.32 Å². The van der Waals surface area contributed by atoms with Crippen molar-refractivity contribution in [3.63, 3.8) is 0 Å². The van der Waals surface area contributed by atoms with E-state index in [9.17, 15) is 4.21 Å². The fraction of sp³-hybridized carbons (Fsp3) is 1.00. The van der Waals surface area contributed by atoms with Crippen molar-refractivity contribution in [3.8, 4) is 0 Å². The molecule has 1 fully saturated rings. The molecule has 3 heteroatoms. The molecule has 0 aromatic rings. The van der Waals surface area contributed by atoms with Gasteiger partial charge in [-0.1, -0.05) is 34.6 Å². The van der Waals surface area contributed by atoms with Crippen LogP contribution >= 0.6 is 0 Å². The normalized spacial score (nSPS) is 37.7. The first-order valence-electron chi connectivity index (χ1n) is 7.13. The Morgan fingerprint density at radius 2 is 1.94 bits per heavy atom. The summed E-state index contributed by atoms with van der Waals surface area (Å²) in [6.07, 6.45) is 3.43. The van der Waals surface area contributed by atoms with Gasteiger partial charge in [0.25, 0.3) is 0 Å². The van der Waals surface area contributed by atoms with E-state index in [0.717, 1.165) is 18.9 Å². The fourth-order valence-corrected chi connectivity index (χ4v) is 5.08. The molecule has 6 unspecified atom stereocenters. The Morgan fingerprint density at radius 1 is 1.29 bits per heavy atom. The topological polar surface area (TPSA) is 29.1 Å². The summed E-state index contributed by atoms with van der Waals surface area (Å²) < 4.78 is 12.6. The van der Waals surface area contributed by atoms with Gasteiger partial charge in [-0.15, -0.1) is 0 Å². The Bertz CT molecular complexity index is 257. The summed E-state index contributed by atoms with van der Waals surface area (Å²) in [4.78, 5) is 0. The van der Waals surface area contributed by atoms with Crippen molar-refractivity contribution in [2.24, 2.45) is 11.8 Å². The highest BCUT2D eigenvalue weighted by molar-refractivity contribution is 7.86. The summed E-state index contributed by atoms with van der Waals surface area (Å²) in [6.45, 7) is 12.0. The molecule has 6 atom stereocenters. The molecule has 0 saturated heterocycles. The lowest BCUT2D eigenvalue weighted by atomic mass is 9.80. The van der Waals surface area contributed by atoms with Gasteiger partial charge in [0.1, 0.15) is 0 Å². The molecule has 0 spiro atoms. The zero-order chi connectivity index (χ0) is 13.0. The van der Waals surface area contributed by atoms with Crippen LogP contribution in [-0.2, 0) is 10.8 Å². The van der Waals surface area contributed by atoms with Gasteiger partial charge in [-0.3, -0.25) is 4.21 Å². The summed E-state index contributed by atoms with van der Waals surface area (Å²) in [5.74, 6) is 1.34. The third kappa shape index (κ3) is 3.78. The van der Waals surface area contributed by atoms with Crippen LogP contribution in [0.3, 0.4) is 0 Å². The monoisotopic (exact) mass is 259 g/mol. The molecule has 1 N–H and O–H groups in total. The van der Waals surface area contributed by atoms with Crippen molar-refractivity contribution in [1.82, 2.24) is 5.32 Å². The van der Waals surface area contributed by atoms with E-state index in [0.29, 0.717) is 22.5 Å². The second-order valence-corrected chi connectivity index (χ2v) is 7.74. The number of nitrogens with one attached hydrogen (secondary N) is 1. The zero-order valence-electron chi connectivity index (χ0n) is 12.0. The summed E-state index contributed by atoms with van der Waals surface area (Å²) in [5.41, 5.74) is 0. The highest BCUT2D eigenvalue weighted by atomic mass is 32.2. The molecule has 1 aliphatic rings. The molecule has 0 aromatic heterocycles. The molecule has 0 aromatic carbocycles. The summed E-state index contributed by atoms with van der Waals surface area (Å²) in [7, 11) is -0.690. The standard InChI is InChI=1S/C14H29NOS/c1-6-12(5)17(16)14-11(4)8-10(3)9-13(14)15-7-2/h10-15H,6-9H2,1-5H3. The first kappa shape index (κ1) is 15.2. The first-order chi connectivity index (χ1) is 8.01. The van der Waals surface area contributed by atoms with Crippen LogP contribution in [-0.4, -0.2) is 27.3 Å². The van der Waals surface area contributed by atoms with Gasteiger partial charge in [-0.05, 0) is 37.6 Å². The number of hydrogen-bond acceptors (Lipinski definition) is 2. The van der Waals surface area contributed by atoms with Gasteiger partial charge in [0.2, 0.25) is 0 Å². The van der Waals surface area contributed by atoms with Crippen molar-refractivity contribution in [2.45, 2.75) is 70.4 Å². The predicted octanol–water partition coefficient (Wildman–Crippen LogP) is 2.95. The summed E-state index contributed by atoms with van der Waals surface area (Å²) >= 11 is 0. The molecule has 0 amide bonds. The van der Waals surface area contributed by atoms with E-state index in [1.165, 1.54) is 12.8 Å². The second-order valence-electron chi connectivity index (χ2n) is 5.73. The van der Waals surface area contributed by atoms with E-state index >= 15 is 0 Å². The minimum Gasteiger partial charge on any atom is -0.313 e. The van der Waals surface area contributed by atoms with Crippen molar-refractivity contribution >= 4 is 10.8 Å². The Morgan fingerprint density at radius 3 is 2.47 bits per heavy atom. The second kappa shape index (κ2) is 6.89. The van der Waals surface area contributed by atoms with Crippen LogP contribution in [0.1, 0.15) is 53.9 Å². The summed E-state index contributed by atoms with van der Waals surface area (Å²) in [6, 6.07) is 0.452. The third-order valence-electron chi connectivity index (χ3n) is 4.09. The highest BCUT2D eigenvalue weighted by Gasteiger charge is 2.38. The van der Waals surface area contributed by atoms with Crippen LogP contribution in [0.2, 0.25) is 0 Å². The van der Waals surface area contributed by atoms with Gasteiger partial charge >= 0.3 is 0 Å². The third-order valence-corrected chi connectivity index (χ3v) is 6.55. The molecule has 0 heterocycles. The largest absolute Gasteiger partial charge is 0.313 e. The number of hydrogen-bond donors (Lipinski definition) is 1. The molecule has 1 rings (SSSR count). The highest BCUT2D eigenvalue weighted by Crippen LogP contribution is 2.33.